The molecule has 6 aromatic rings. The quantitative estimate of drug-likeness (QED) is 0.349. The molecule has 4 aromatic heterocycles. The van der Waals surface area contributed by atoms with E-state index in [1.807, 2.05) is 74.5 Å². The summed E-state index contributed by atoms with van der Waals surface area (Å²) in [6.45, 7) is 3.81. The Morgan fingerprint density at radius 2 is 1.85 bits per heavy atom. The number of carbonyl (C=O) groups excluding carboxylic acids is 1. The van der Waals surface area contributed by atoms with E-state index in [4.69, 9.17) is 5.73 Å². The molecule has 1 atom stereocenters. The van der Waals surface area contributed by atoms with Crippen molar-refractivity contribution < 1.29 is 4.79 Å². The van der Waals surface area contributed by atoms with Crippen LogP contribution in [0.15, 0.2) is 96.3 Å². The van der Waals surface area contributed by atoms with Gasteiger partial charge in [0.05, 0.1) is 11.4 Å². The molecular weight excluding hydrogens is 490 g/mol. The van der Waals surface area contributed by atoms with Gasteiger partial charge in [0, 0.05) is 41.7 Å². The van der Waals surface area contributed by atoms with Crippen LogP contribution >= 0.6 is 0 Å². The molecule has 0 saturated heterocycles. The zero-order valence-corrected chi connectivity index (χ0v) is 21.4. The van der Waals surface area contributed by atoms with Crippen LogP contribution in [0.1, 0.15) is 34.6 Å². The predicted molar refractivity (Wildman–Crippen MR) is 151 cm³/mol. The largest absolute Gasteiger partial charge is 0.381 e. The lowest BCUT2D eigenvalue weighted by atomic mass is 9.98. The van der Waals surface area contributed by atoms with Gasteiger partial charge in [-0.15, -0.1) is 5.10 Å². The smallest absolute Gasteiger partial charge is 0.263 e. The van der Waals surface area contributed by atoms with Crippen LogP contribution in [0.5, 0.6) is 0 Å². The average molecular weight is 516 g/mol. The molecule has 9 nitrogen and oxygen atoms in total. The van der Waals surface area contributed by atoms with Crippen molar-refractivity contribution in [1.82, 2.24) is 29.5 Å². The van der Waals surface area contributed by atoms with Crippen LogP contribution in [0.2, 0.25) is 0 Å². The van der Waals surface area contributed by atoms with Gasteiger partial charge in [-0.3, -0.25) is 19.1 Å². The highest BCUT2D eigenvalue weighted by atomic mass is 16.2. The van der Waals surface area contributed by atoms with Crippen molar-refractivity contribution in [2.45, 2.75) is 19.9 Å². The molecule has 0 radical (unpaired) electrons. The number of nitrogen functional groups attached to an aromatic ring is 1. The van der Waals surface area contributed by atoms with Gasteiger partial charge in [0.15, 0.2) is 11.5 Å². The summed E-state index contributed by atoms with van der Waals surface area (Å²) in [5.74, 6) is -0.353. The summed E-state index contributed by atoms with van der Waals surface area (Å²) in [7, 11) is 0. The van der Waals surface area contributed by atoms with Gasteiger partial charge < -0.3 is 11.1 Å². The second-order valence-corrected chi connectivity index (χ2v) is 9.41. The summed E-state index contributed by atoms with van der Waals surface area (Å²) in [6, 6.07) is 20.3. The predicted octanol–water partition coefficient (Wildman–Crippen LogP) is 4.48. The number of pyridine rings is 2. The number of nitrogens with one attached hydrogen (secondary N) is 1. The van der Waals surface area contributed by atoms with E-state index in [9.17, 15) is 9.59 Å². The Hall–Kier alpha value is -5.31. The molecule has 0 aliphatic rings. The number of rotatable bonds is 5. The summed E-state index contributed by atoms with van der Waals surface area (Å²) in [4.78, 5) is 36.3. The first-order valence-electron chi connectivity index (χ1n) is 12.5. The molecule has 0 fully saturated rings. The third-order valence-electron chi connectivity index (χ3n) is 6.72. The van der Waals surface area contributed by atoms with E-state index in [1.54, 1.807) is 35.4 Å². The molecule has 0 aliphatic carbocycles. The minimum Gasteiger partial charge on any atom is -0.381 e. The first-order valence-corrected chi connectivity index (χ1v) is 12.5. The van der Waals surface area contributed by atoms with Gasteiger partial charge in [-0.2, -0.15) is 0 Å². The third kappa shape index (κ3) is 4.19. The number of aryl methyl sites for hydroxylation is 1. The van der Waals surface area contributed by atoms with Crippen LogP contribution in [0.4, 0.5) is 5.82 Å². The van der Waals surface area contributed by atoms with Gasteiger partial charge in [-0.25, -0.2) is 9.50 Å². The van der Waals surface area contributed by atoms with E-state index in [-0.39, 0.29) is 16.9 Å². The Morgan fingerprint density at radius 1 is 1.03 bits per heavy atom. The maximum absolute atomic E-state index is 14.3. The zero-order valence-electron chi connectivity index (χ0n) is 21.4. The Balaban J connectivity index is 1.52. The first-order chi connectivity index (χ1) is 18.9. The van der Waals surface area contributed by atoms with Crippen molar-refractivity contribution in [1.29, 1.82) is 0 Å². The summed E-state index contributed by atoms with van der Waals surface area (Å²) >= 11 is 0. The Bertz CT molecular complexity index is 1930. The lowest BCUT2D eigenvalue weighted by molar-refractivity contribution is 0.0941. The summed E-state index contributed by atoms with van der Waals surface area (Å²) in [5.41, 5.74) is 10.4. The molecule has 6 rings (SSSR count). The van der Waals surface area contributed by atoms with Gasteiger partial charge in [-0.05, 0) is 60.7 Å². The fourth-order valence-corrected chi connectivity index (χ4v) is 4.95. The number of benzene rings is 2. The van der Waals surface area contributed by atoms with E-state index in [2.05, 4.69) is 20.4 Å². The van der Waals surface area contributed by atoms with Crippen molar-refractivity contribution in [3.8, 4) is 16.8 Å². The minimum atomic E-state index is -0.558. The molecule has 2 aromatic carbocycles. The lowest BCUT2D eigenvalue weighted by Gasteiger charge is -2.21. The van der Waals surface area contributed by atoms with Gasteiger partial charge >= 0.3 is 0 Å². The number of aromatic nitrogens is 5. The normalized spacial score (nSPS) is 12.1. The Morgan fingerprint density at radius 3 is 2.64 bits per heavy atom. The van der Waals surface area contributed by atoms with Crippen LogP contribution in [0, 0.1) is 6.92 Å². The topological polar surface area (TPSA) is 120 Å². The zero-order chi connectivity index (χ0) is 27.1. The Kier molecular flexibility index (Phi) is 5.88. The van der Waals surface area contributed by atoms with E-state index in [0.29, 0.717) is 22.4 Å². The van der Waals surface area contributed by atoms with E-state index >= 15 is 0 Å². The molecule has 0 aliphatic heterocycles. The molecule has 3 N–H and O–H groups in total. The third-order valence-corrected chi connectivity index (χ3v) is 6.72. The first kappa shape index (κ1) is 24.1. The highest BCUT2D eigenvalue weighted by molar-refractivity contribution is 6.04. The maximum Gasteiger partial charge on any atom is 0.263 e. The van der Waals surface area contributed by atoms with Crippen LogP contribution in [-0.2, 0) is 0 Å². The fourth-order valence-electron chi connectivity index (χ4n) is 4.95. The van der Waals surface area contributed by atoms with Crippen LogP contribution < -0.4 is 16.6 Å². The molecule has 0 spiro atoms. The van der Waals surface area contributed by atoms with E-state index in [1.165, 1.54) is 4.52 Å². The number of hydrogen-bond acceptors (Lipinski definition) is 6. The highest BCUT2D eigenvalue weighted by Gasteiger charge is 2.24. The summed E-state index contributed by atoms with van der Waals surface area (Å²) in [5, 5.41) is 8.53. The Labute approximate surface area is 223 Å². The van der Waals surface area contributed by atoms with E-state index in [0.717, 1.165) is 22.1 Å². The van der Waals surface area contributed by atoms with E-state index < -0.39 is 11.9 Å². The molecule has 1 amide bonds. The summed E-state index contributed by atoms with van der Waals surface area (Å²) in [6.07, 6.45) is 6.80. The van der Waals surface area contributed by atoms with Gasteiger partial charge in [0.1, 0.15) is 5.56 Å². The highest BCUT2D eigenvalue weighted by Crippen LogP contribution is 2.29. The van der Waals surface area contributed by atoms with Crippen molar-refractivity contribution in [2.75, 3.05) is 5.73 Å². The maximum atomic E-state index is 14.3. The number of nitrogens with zero attached hydrogens (tertiary/aromatic N) is 5. The number of hydrogen-bond donors (Lipinski definition) is 2. The molecule has 4 heterocycles. The number of fused-ring (bicyclic) bond motifs is 2. The van der Waals surface area contributed by atoms with Crippen molar-refractivity contribution in [2.24, 2.45) is 0 Å². The van der Waals surface area contributed by atoms with Crippen LogP contribution in [0.25, 0.3) is 33.2 Å². The van der Waals surface area contributed by atoms with Gasteiger partial charge in [0.2, 0.25) is 0 Å². The van der Waals surface area contributed by atoms with Crippen molar-refractivity contribution in [3.63, 3.8) is 0 Å². The second-order valence-electron chi connectivity index (χ2n) is 9.41. The number of nitrogens with two attached hydrogens (primary N) is 1. The SMILES string of the molecule is Cc1cncc(-c2cccc3cc([C@H](C)NC(=O)c4c(N)nn5cccnc45)n(-c4ccccc4)c(=O)c23)c1. The van der Waals surface area contributed by atoms with Crippen molar-refractivity contribution >= 4 is 28.1 Å². The molecule has 0 bridgehead atoms. The number of amides is 1. The van der Waals surface area contributed by atoms with Crippen LogP contribution in [-0.4, -0.2) is 30.1 Å². The molecule has 9 heteroatoms. The summed E-state index contributed by atoms with van der Waals surface area (Å²) < 4.78 is 3.12. The number of carbonyl (C=O) groups is 1. The fraction of sp³-hybridized carbons (Fsp3) is 0.100. The molecule has 0 saturated carbocycles. The number of para-hydroxylation sites is 1. The molecule has 192 valence electrons. The monoisotopic (exact) mass is 515 g/mol. The minimum absolute atomic E-state index is 0.0776. The molecular formula is C30H25N7O2. The van der Waals surface area contributed by atoms with Crippen molar-refractivity contribution in [3.05, 3.63) is 119 Å². The number of anilines is 1. The molecule has 39 heavy (non-hydrogen) atoms. The second kappa shape index (κ2) is 9.53. The lowest BCUT2D eigenvalue weighted by Crippen LogP contribution is -2.32. The standard InChI is InChI=1S/C30H25N7O2/c1-18-14-21(17-32-16-18)23-11-6-8-20-15-24(37(30(39)25(20)23)22-9-4-3-5-10-22)19(2)34-29(38)26-27(31)35-36-13-7-12-33-28(26)36/h3-17,19H,1-2H3,(H2,31,35)(H,34,38)/t19-/m0/s1. The average Bonchev–Trinajstić information content (AvgIpc) is 3.28. The van der Waals surface area contributed by atoms with Crippen LogP contribution in [0.3, 0.4) is 0 Å². The van der Waals surface area contributed by atoms with Gasteiger partial charge in [-0.1, -0.05) is 36.4 Å². The molecule has 0 unspecified atom stereocenters. The van der Waals surface area contributed by atoms with Gasteiger partial charge in [0.25, 0.3) is 11.5 Å².